The highest BCUT2D eigenvalue weighted by atomic mass is 16.3. The molecule has 0 fully saturated rings. The highest BCUT2D eigenvalue weighted by molar-refractivity contribution is 6.01. The molecule has 20 heavy (non-hydrogen) atoms. The maximum Gasteiger partial charge on any atom is 0.326 e. The van der Waals surface area contributed by atoms with E-state index in [1.165, 1.54) is 6.07 Å². The highest BCUT2D eigenvalue weighted by Gasteiger charge is 2.14. The molecule has 2 N–H and O–H groups in total. The maximum atomic E-state index is 12.3. The van der Waals surface area contributed by atoms with Crippen LogP contribution in [0.15, 0.2) is 48.5 Å². The van der Waals surface area contributed by atoms with Crippen molar-refractivity contribution in [3.8, 4) is 5.75 Å². The Bertz CT molecular complexity index is 611. The Labute approximate surface area is 118 Å². The summed E-state index contributed by atoms with van der Waals surface area (Å²) in [4.78, 5) is 13.9. The van der Waals surface area contributed by atoms with Gasteiger partial charge in [-0.2, -0.15) is 0 Å². The second-order valence-electron chi connectivity index (χ2n) is 4.56. The first-order valence-corrected chi connectivity index (χ1v) is 6.54. The number of carbonyl (C=O) groups excluding carboxylic acids is 1. The third kappa shape index (κ3) is 3.29. The summed E-state index contributed by atoms with van der Waals surface area (Å²) >= 11 is 0. The Morgan fingerprint density at radius 1 is 1.20 bits per heavy atom. The molecule has 0 aliphatic rings. The first-order valence-electron chi connectivity index (χ1n) is 6.54. The summed E-state index contributed by atoms with van der Waals surface area (Å²) in [7, 11) is 0. The van der Waals surface area contributed by atoms with Gasteiger partial charge in [0, 0.05) is 24.0 Å². The van der Waals surface area contributed by atoms with Gasteiger partial charge in [0.05, 0.1) is 0 Å². The lowest BCUT2D eigenvalue weighted by Crippen LogP contribution is -2.34. The summed E-state index contributed by atoms with van der Waals surface area (Å²) in [6.07, 6.45) is 0. The highest BCUT2D eigenvalue weighted by Crippen LogP contribution is 2.19. The zero-order chi connectivity index (χ0) is 14.5. The van der Waals surface area contributed by atoms with Crippen LogP contribution in [0.2, 0.25) is 0 Å². The molecule has 0 heterocycles. The van der Waals surface area contributed by atoms with Crippen molar-refractivity contribution < 1.29 is 9.90 Å². The van der Waals surface area contributed by atoms with Gasteiger partial charge in [-0.3, -0.25) is 4.90 Å². The number of carbonyl (C=O) groups is 1. The second kappa shape index (κ2) is 6.10. The van der Waals surface area contributed by atoms with Crippen LogP contribution in [0.5, 0.6) is 5.75 Å². The van der Waals surface area contributed by atoms with Crippen molar-refractivity contribution in [1.29, 1.82) is 0 Å². The number of phenols is 1. The van der Waals surface area contributed by atoms with E-state index >= 15 is 0 Å². The molecule has 104 valence electrons. The molecule has 0 bridgehead atoms. The summed E-state index contributed by atoms with van der Waals surface area (Å²) in [6.45, 7) is 4.48. The van der Waals surface area contributed by atoms with Crippen LogP contribution in [0.1, 0.15) is 12.5 Å². The molecule has 0 spiro atoms. The number of nitrogens with zero attached hydrogens (tertiary/aromatic N) is 1. The fourth-order valence-corrected chi connectivity index (χ4v) is 2.01. The number of aromatic hydroxyl groups is 1. The van der Waals surface area contributed by atoms with Gasteiger partial charge in [0.1, 0.15) is 5.75 Å². The number of nitrogens with one attached hydrogen (secondary N) is 1. The predicted octanol–water partition coefficient (Wildman–Crippen LogP) is 3.76. The minimum atomic E-state index is -0.219. The van der Waals surface area contributed by atoms with E-state index in [9.17, 15) is 9.90 Å². The van der Waals surface area contributed by atoms with E-state index in [1.807, 2.05) is 38.1 Å². The first kappa shape index (κ1) is 13.9. The molecule has 2 amide bonds. The maximum absolute atomic E-state index is 12.3. The van der Waals surface area contributed by atoms with Crippen molar-refractivity contribution in [3.05, 3.63) is 54.1 Å². The van der Waals surface area contributed by atoms with Gasteiger partial charge in [-0.15, -0.1) is 0 Å². The predicted molar refractivity (Wildman–Crippen MR) is 81.3 cm³/mol. The summed E-state index contributed by atoms with van der Waals surface area (Å²) in [5.74, 6) is 0.126. The van der Waals surface area contributed by atoms with Gasteiger partial charge < -0.3 is 10.4 Å². The van der Waals surface area contributed by atoms with E-state index in [0.29, 0.717) is 12.2 Å². The molecule has 0 aliphatic heterocycles. The van der Waals surface area contributed by atoms with Crippen molar-refractivity contribution in [2.45, 2.75) is 13.8 Å². The molecule has 0 saturated carbocycles. The Hall–Kier alpha value is -2.49. The minimum absolute atomic E-state index is 0.126. The minimum Gasteiger partial charge on any atom is -0.508 e. The van der Waals surface area contributed by atoms with Crippen LogP contribution in [0, 0.1) is 6.92 Å². The van der Waals surface area contributed by atoms with Crippen LogP contribution in [0.25, 0.3) is 0 Å². The quantitative estimate of drug-likeness (QED) is 0.892. The molecule has 4 heteroatoms. The monoisotopic (exact) mass is 270 g/mol. The Morgan fingerprint density at radius 3 is 2.60 bits per heavy atom. The van der Waals surface area contributed by atoms with E-state index < -0.39 is 0 Å². The Kier molecular flexibility index (Phi) is 4.25. The molecular formula is C16H18N2O2. The number of hydrogen-bond donors (Lipinski definition) is 2. The van der Waals surface area contributed by atoms with Gasteiger partial charge in [0.2, 0.25) is 0 Å². The normalized spacial score (nSPS) is 10.1. The van der Waals surface area contributed by atoms with Crippen LogP contribution in [0.4, 0.5) is 16.2 Å². The zero-order valence-corrected chi connectivity index (χ0v) is 11.6. The van der Waals surface area contributed by atoms with Crippen LogP contribution in [-0.2, 0) is 0 Å². The number of urea groups is 1. The topological polar surface area (TPSA) is 52.6 Å². The average molecular weight is 270 g/mol. The lowest BCUT2D eigenvalue weighted by atomic mass is 10.2. The molecule has 2 aromatic rings. The number of hydrogen-bond acceptors (Lipinski definition) is 2. The molecule has 0 aliphatic carbocycles. The Balaban J connectivity index is 2.17. The number of rotatable bonds is 3. The number of anilines is 2. The van der Waals surface area contributed by atoms with Crippen LogP contribution >= 0.6 is 0 Å². The molecule has 0 radical (unpaired) electrons. The molecule has 0 unspecified atom stereocenters. The van der Waals surface area contributed by atoms with Crippen molar-refractivity contribution in [2.24, 2.45) is 0 Å². The molecule has 0 saturated heterocycles. The standard InChI is InChI=1S/C16H18N2O2/c1-3-18(14-8-4-6-12(2)10-14)16(20)17-13-7-5-9-15(19)11-13/h4-11,19H,3H2,1-2H3,(H,17,20). The van der Waals surface area contributed by atoms with E-state index in [-0.39, 0.29) is 11.8 Å². The fraction of sp³-hybridized carbons (Fsp3) is 0.188. The van der Waals surface area contributed by atoms with Crippen LogP contribution in [-0.4, -0.2) is 17.7 Å². The summed E-state index contributed by atoms with van der Waals surface area (Å²) in [5.41, 5.74) is 2.53. The molecule has 4 nitrogen and oxygen atoms in total. The molecule has 0 aromatic heterocycles. The number of aryl methyl sites for hydroxylation is 1. The molecule has 0 atom stereocenters. The van der Waals surface area contributed by atoms with E-state index in [0.717, 1.165) is 11.3 Å². The van der Waals surface area contributed by atoms with Crippen LogP contribution in [0.3, 0.4) is 0 Å². The first-order chi connectivity index (χ1) is 9.60. The van der Waals surface area contributed by atoms with Gasteiger partial charge in [-0.1, -0.05) is 18.2 Å². The smallest absolute Gasteiger partial charge is 0.326 e. The largest absolute Gasteiger partial charge is 0.508 e. The summed E-state index contributed by atoms with van der Waals surface area (Å²) in [6, 6.07) is 14.1. The number of amides is 2. The molecule has 2 aromatic carbocycles. The SMILES string of the molecule is CCN(C(=O)Nc1cccc(O)c1)c1cccc(C)c1. The lowest BCUT2D eigenvalue weighted by molar-refractivity contribution is 0.257. The number of benzene rings is 2. The van der Waals surface area contributed by atoms with Crippen molar-refractivity contribution in [3.63, 3.8) is 0 Å². The van der Waals surface area contributed by atoms with Gasteiger partial charge >= 0.3 is 6.03 Å². The van der Waals surface area contributed by atoms with Crippen molar-refractivity contribution in [2.75, 3.05) is 16.8 Å². The lowest BCUT2D eigenvalue weighted by Gasteiger charge is -2.22. The van der Waals surface area contributed by atoms with E-state index in [4.69, 9.17) is 0 Å². The van der Waals surface area contributed by atoms with Gasteiger partial charge in [-0.25, -0.2) is 4.79 Å². The van der Waals surface area contributed by atoms with E-state index in [2.05, 4.69) is 5.32 Å². The molecular weight excluding hydrogens is 252 g/mol. The Morgan fingerprint density at radius 2 is 1.95 bits per heavy atom. The van der Waals surface area contributed by atoms with Gasteiger partial charge in [0.25, 0.3) is 0 Å². The molecule has 2 rings (SSSR count). The number of phenolic OH excluding ortho intramolecular Hbond substituents is 1. The second-order valence-corrected chi connectivity index (χ2v) is 4.56. The fourth-order valence-electron chi connectivity index (χ4n) is 2.01. The third-order valence-electron chi connectivity index (χ3n) is 2.97. The third-order valence-corrected chi connectivity index (χ3v) is 2.97. The van der Waals surface area contributed by atoms with Crippen molar-refractivity contribution >= 4 is 17.4 Å². The van der Waals surface area contributed by atoms with Gasteiger partial charge in [-0.05, 0) is 43.7 Å². The van der Waals surface area contributed by atoms with Crippen molar-refractivity contribution in [1.82, 2.24) is 0 Å². The summed E-state index contributed by atoms with van der Waals surface area (Å²) < 4.78 is 0. The average Bonchev–Trinajstić information content (AvgIpc) is 2.39. The van der Waals surface area contributed by atoms with Gasteiger partial charge in [0.15, 0.2) is 0 Å². The van der Waals surface area contributed by atoms with E-state index in [1.54, 1.807) is 23.1 Å². The summed E-state index contributed by atoms with van der Waals surface area (Å²) in [5, 5.41) is 12.2. The zero-order valence-electron chi connectivity index (χ0n) is 11.6. The van der Waals surface area contributed by atoms with Crippen LogP contribution < -0.4 is 10.2 Å².